The van der Waals surface area contributed by atoms with Crippen LogP contribution in [0, 0.1) is 5.92 Å². The SMILES string of the molecule is CC1CCN(S(=O)(=O)c2ccc(C(=O)NC(C)c3ccncc3)cc2)CC1. The number of carbonyl (C=O) groups is 1. The van der Waals surface area contributed by atoms with Crippen molar-refractivity contribution in [2.45, 2.75) is 37.6 Å². The highest BCUT2D eigenvalue weighted by Gasteiger charge is 2.28. The maximum absolute atomic E-state index is 12.8. The number of nitrogens with one attached hydrogen (secondary N) is 1. The number of nitrogens with zero attached hydrogens (tertiary/aromatic N) is 2. The van der Waals surface area contributed by atoms with Crippen molar-refractivity contribution in [3.05, 3.63) is 59.9 Å². The fourth-order valence-corrected chi connectivity index (χ4v) is 4.64. The molecular formula is C20H25N3O3S. The molecule has 1 aromatic carbocycles. The molecular weight excluding hydrogens is 362 g/mol. The van der Waals surface area contributed by atoms with Crippen LogP contribution >= 0.6 is 0 Å². The Morgan fingerprint density at radius 2 is 1.70 bits per heavy atom. The van der Waals surface area contributed by atoms with Crippen LogP contribution in [-0.4, -0.2) is 36.7 Å². The molecule has 1 atom stereocenters. The van der Waals surface area contributed by atoms with E-state index >= 15 is 0 Å². The average molecular weight is 388 g/mol. The molecule has 1 aromatic heterocycles. The quantitative estimate of drug-likeness (QED) is 0.855. The smallest absolute Gasteiger partial charge is 0.251 e. The molecule has 3 rings (SSSR count). The van der Waals surface area contributed by atoms with Crippen molar-refractivity contribution in [1.82, 2.24) is 14.6 Å². The van der Waals surface area contributed by atoms with Gasteiger partial charge in [-0.2, -0.15) is 4.31 Å². The predicted octanol–water partition coefficient (Wildman–Crippen LogP) is 2.99. The van der Waals surface area contributed by atoms with E-state index in [1.165, 1.54) is 16.4 Å². The summed E-state index contributed by atoms with van der Waals surface area (Å²) in [6.45, 7) is 5.14. The first-order valence-corrected chi connectivity index (χ1v) is 10.6. The van der Waals surface area contributed by atoms with Crippen LogP contribution in [0.5, 0.6) is 0 Å². The molecule has 7 heteroatoms. The fourth-order valence-electron chi connectivity index (χ4n) is 3.17. The van der Waals surface area contributed by atoms with Crippen LogP contribution in [0.4, 0.5) is 0 Å². The molecule has 27 heavy (non-hydrogen) atoms. The number of carbonyl (C=O) groups excluding carboxylic acids is 1. The van der Waals surface area contributed by atoms with Gasteiger partial charge in [-0.15, -0.1) is 0 Å². The lowest BCUT2D eigenvalue weighted by Gasteiger charge is -2.29. The largest absolute Gasteiger partial charge is 0.346 e. The number of amides is 1. The monoisotopic (exact) mass is 387 g/mol. The summed E-state index contributed by atoms with van der Waals surface area (Å²) in [5.41, 5.74) is 1.39. The van der Waals surface area contributed by atoms with E-state index in [0.29, 0.717) is 24.6 Å². The van der Waals surface area contributed by atoms with Gasteiger partial charge in [0.2, 0.25) is 10.0 Å². The van der Waals surface area contributed by atoms with Crippen LogP contribution in [0.1, 0.15) is 48.7 Å². The molecule has 0 saturated carbocycles. The van der Waals surface area contributed by atoms with Crippen molar-refractivity contribution in [2.75, 3.05) is 13.1 Å². The molecule has 0 radical (unpaired) electrons. The summed E-state index contributed by atoms with van der Waals surface area (Å²) < 4.78 is 27.0. The predicted molar refractivity (Wildman–Crippen MR) is 104 cm³/mol. The summed E-state index contributed by atoms with van der Waals surface area (Å²) in [7, 11) is -3.50. The molecule has 6 nitrogen and oxygen atoms in total. The highest BCUT2D eigenvalue weighted by Crippen LogP contribution is 2.23. The Morgan fingerprint density at radius 1 is 1.11 bits per heavy atom. The first-order valence-electron chi connectivity index (χ1n) is 9.19. The molecule has 1 saturated heterocycles. The minimum absolute atomic E-state index is 0.167. The summed E-state index contributed by atoms with van der Waals surface area (Å²) >= 11 is 0. The minimum Gasteiger partial charge on any atom is -0.346 e. The van der Waals surface area contributed by atoms with Gasteiger partial charge in [0, 0.05) is 31.0 Å². The highest BCUT2D eigenvalue weighted by molar-refractivity contribution is 7.89. The van der Waals surface area contributed by atoms with Gasteiger partial charge >= 0.3 is 0 Å². The van der Waals surface area contributed by atoms with Crippen molar-refractivity contribution in [3.63, 3.8) is 0 Å². The molecule has 0 spiro atoms. The van der Waals surface area contributed by atoms with E-state index in [9.17, 15) is 13.2 Å². The molecule has 1 unspecified atom stereocenters. The third kappa shape index (κ3) is 4.54. The van der Waals surface area contributed by atoms with Crippen LogP contribution in [0.15, 0.2) is 53.7 Å². The molecule has 144 valence electrons. The van der Waals surface area contributed by atoms with Gasteiger partial charge in [-0.1, -0.05) is 6.92 Å². The molecule has 0 aliphatic carbocycles. The normalized spacial score (nSPS) is 17.4. The number of rotatable bonds is 5. The second-order valence-corrected chi connectivity index (χ2v) is 9.02. The summed E-state index contributed by atoms with van der Waals surface area (Å²) in [5.74, 6) is 0.319. The average Bonchev–Trinajstić information content (AvgIpc) is 2.69. The van der Waals surface area contributed by atoms with Gasteiger partial charge in [-0.3, -0.25) is 9.78 Å². The zero-order chi connectivity index (χ0) is 19.4. The number of aromatic nitrogens is 1. The second kappa shape index (κ2) is 8.19. The lowest BCUT2D eigenvalue weighted by atomic mass is 10.0. The minimum atomic E-state index is -3.50. The van der Waals surface area contributed by atoms with Crippen LogP contribution in [-0.2, 0) is 10.0 Å². The summed E-state index contributed by atoms with van der Waals surface area (Å²) in [5, 5.41) is 2.91. The molecule has 0 bridgehead atoms. The van der Waals surface area contributed by atoms with Crippen molar-refractivity contribution in [3.8, 4) is 0 Å². The van der Waals surface area contributed by atoms with Crippen molar-refractivity contribution < 1.29 is 13.2 Å². The van der Waals surface area contributed by atoms with E-state index in [2.05, 4.69) is 17.2 Å². The molecule has 2 heterocycles. The standard InChI is InChI=1S/C20H25N3O3S/c1-15-9-13-23(14-10-15)27(25,26)19-5-3-18(4-6-19)20(24)22-16(2)17-7-11-21-12-8-17/h3-8,11-12,15-16H,9-10,13-14H2,1-2H3,(H,22,24). The van der Waals surface area contributed by atoms with E-state index in [1.807, 2.05) is 19.1 Å². The Kier molecular flexibility index (Phi) is 5.92. The van der Waals surface area contributed by atoms with E-state index in [0.717, 1.165) is 18.4 Å². The number of hydrogen-bond acceptors (Lipinski definition) is 4. The number of hydrogen-bond donors (Lipinski definition) is 1. The van der Waals surface area contributed by atoms with E-state index in [4.69, 9.17) is 0 Å². The number of benzene rings is 1. The van der Waals surface area contributed by atoms with Gasteiger partial charge in [0.15, 0.2) is 0 Å². The van der Waals surface area contributed by atoms with E-state index < -0.39 is 10.0 Å². The molecule has 1 fully saturated rings. The molecule has 1 N–H and O–H groups in total. The zero-order valence-corrected chi connectivity index (χ0v) is 16.4. The van der Waals surface area contributed by atoms with E-state index in [-0.39, 0.29) is 16.8 Å². The third-order valence-electron chi connectivity index (χ3n) is 5.05. The van der Waals surface area contributed by atoms with Crippen molar-refractivity contribution in [1.29, 1.82) is 0 Å². The first kappa shape index (κ1) is 19.5. The Balaban J connectivity index is 1.68. The maximum atomic E-state index is 12.8. The summed E-state index contributed by atoms with van der Waals surface area (Å²) in [6.07, 6.45) is 5.12. The fraction of sp³-hybridized carbons (Fsp3) is 0.400. The summed E-state index contributed by atoms with van der Waals surface area (Å²) in [4.78, 5) is 16.6. The topological polar surface area (TPSA) is 79.4 Å². The Morgan fingerprint density at radius 3 is 2.30 bits per heavy atom. The van der Waals surface area contributed by atoms with Gasteiger partial charge in [0.05, 0.1) is 10.9 Å². The maximum Gasteiger partial charge on any atom is 0.251 e. The molecule has 2 aromatic rings. The Hall–Kier alpha value is -2.25. The van der Waals surface area contributed by atoms with E-state index in [1.54, 1.807) is 24.5 Å². The highest BCUT2D eigenvalue weighted by atomic mass is 32.2. The first-order chi connectivity index (χ1) is 12.9. The van der Waals surface area contributed by atoms with Gasteiger partial charge in [0.25, 0.3) is 5.91 Å². The molecule has 1 aliphatic heterocycles. The Labute approximate surface area is 160 Å². The Bertz CT molecular complexity index is 874. The van der Waals surface area contributed by atoms with Crippen LogP contribution < -0.4 is 5.32 Å². The number of pyridine rings is 1. The van der Waals surface area contributed by atoms with Crippen molar-refractivity contribution >= 4 is 15.9 Å². The lowest BCUT2D eigenvalue weighted by molar-refractivity contribution is 0.0939. The van der Waals surface area contributed by atoms with Crippen molar-refractivity contribution in [2.24, 2.45) is 5.92 Å². The third-order valence-corrected chi connectivity index (χ3v) is 6.96. The van der Waals surface area contributed by atoms with Crippen LogP contribution in [0.2, 0.25) is 0 Å². The number of piperidine rings is 1. The van der Waals surface area contributed by atoms with Crippen LogP contribution in [0.3, 0.4) is 0 Å². The lowest BCUT2D eigenvalue weighted by Crippen LogP contribution is -2.37. The van der Waals surface area contributed by atoms with Crippen LogP contribution in [0.25, 0.3) is 0 Å². The van der Waals surface area contributed by atoms with Gasteiger partial charge in [0.1, 0.15) is 0 Å². The number of sulfonamides is 1. The summed E-state index contributed by atoms with van der Waals surface area (Å²) in [6, 6.07) is 9.68. The molecule has 1 aliphatic rings. The zero-order valence-electron chi connectivity index (χ0n) is 15.6. The van der Waals surface area contributed by atoms with Gasteiger partial charge in [-0.05, 0) is 67.6 Å². The second-order valence-electron chi connectivity index (χ2n) is 7.09. The molecule has 1 amide bonds. The van der Waals surface area contributed by atoms with Gasteiger partial charge < -0.3 is 5.32 Å². The van der Waals surface area contributed by atoms with Gasteiger partial charge in [-0.25, -0.2) is 8.42 Å².